The molecular formula is C41H64N2Ni. The van der Waals surface area contributed by atoms with Crippen molar-refractivity contribution in [3.05, 3.63) is 101 Å². The Morgan fingerprint density at radius 1 is 0.545 bits per heavy atom. The summed E-state index contributed by atoms with van der Waals surface area (Å²) in [6.07, 6.45) is 21.3. The van der Waals surface area contributed by atoms with Crippen molar-refractivity contribution in [3.8, 4) is 0 Å². The van der Waals surface area contributed by atoms with Crippen LogP contribution in [0, 0.1) is 13.8 Å². The van der Waals surface area contributed by atoms with Crippen molar-refractivity contribution in [2.75, 3.05) is 0 Å². The fourth-order valence-corrected chi connectivity index (χ4v) is 5.98. The van der Waals surface area contributed by atoms with Crippen LogP contribution in [0.4, 0.5) is 0 Å². The SMILES string of the molecule is CCCCCCCCc1cccc(C2=C(C)C(CCCC)=C(c3cccc(CCCCCCCC)c3)[N+]2=[N-])c1.[CH2-]C.[CH2-]C.[Ni+2]. The van der Waals surface area contributed by atoms with E-state index in [0.717, 1.165) is 54.6 Å². The van der Waals surface area contributed by atoms with E-state index in [1.165, 1.54) is 104 Å². The topological polar surface area (TPSA) is 25.3 Å². The molecule has 0 radical (unpaired) electrons. The number of aryl methyl sites for hydroxylation is 2. The van der Waals surface area contributed by atoms with Gasteiger partial charge in [0.05, 0.1) is 0 Å². The minimum absolute atomic E-state index is 0. The van der Waals surface area contributed by atoms with Gasteiger partial charge in [-0.1, -0.05) is 116 Å². The molecule has 2 aromatic carbocycles. The first-order chi connectivity index (χ1) is 21.1. The molecule has 3 rings (SSSR count). The molecule has 0 saturated heterocycles. The molecule has 2 aromatic rings. The van der Waals surface area contributed by atoms with Gasteiger partial charge in [0.25, 0.3) is 0 Å². The van der Waals surface area contributed by atoms with Gasteiger partial charge in [-0.3, -0.25) is 0 Å². The molecule has 1 aliphatic heterocycles. The van der Waals surface area contributed by atoms with Gasteiger partial charge in [-0.15, -0.1) is 0 Å². The Labute approximate surface area is 283 Å². The van der Waals surface area contributed by atoms with Crippen molar-refractivity contribution < 1.29 is 21.2 Å². The first-order valence-corrected chi connectivity index (χ1v) is 17.6. The Morgan fingerprint density at radius 2 is 0.955 bits per heavy atom. The van der Waals surface area contributed by atoms with Crippen molar-refractivity contribution >= 4 is 11.4 Å². The number of benzene rings is 2. The average molecular weight is 644 g/mol. The quantitative estimate of drug-likeness (QED) is 0.0630. The summed E-state index contributed by atoms with van der Waals surface area (Å²) in [4.78, 5) is 0. The number of hydrogen-bond donors (Lipinski definition) is 0. The molecule has 0 unspecified atom stereocenters. The van der Waals surface area contributed by atoms with Gasteiger partial charge in [0.2, 0.25) is 11.4 Å². The maximum Gasteiger partial charge on any atom is 2.00 e. The van der Waals surface area contributed by atoms with Crippen LogP contribution in [0.15, 0.2) is 59.7 Å². The summed E-state index contributed by atoms with van der Waals surface area (Å²) in [5.41, 5.74) is 21.2. The monoisotopic (exact) mass is 642 g/mol. The van der Waals surface area contributed by atoms with Gasteiger partial charge in [-0.05, 0) is 80.8 Å². The largest absolute Gasteiger partial charge is 2.00 e. The molecule has 2 nitrogen and oxygen atoms in total. The summed E-state index contributed by atoms with van der Waals surface area (Å²) < 4.78 is 1.51. The molecule has 0 aromatic heterocycles. The first kappa shape index (κ1) is 42.0. The number of allylic oxidation sites excluding steroid dienone is 2. The van der Waals surface area contributed by atoms with E-state index in [0.29, 0.717) is 0 Å². The number of unbranched alkanes of at least 4 members (excludes halogenated alkanes) is 11. The number of rotatable bonds is 19. The Balaban J connectivity index is 0.00000355. The van der Waals surface area contributed by atoms with Crippen LogP contribution < -0.4 is 0 Å². The zero-order valence-corrected chi connectivity index (χ0v) is 30.3. The van der Waals surface area contributed by atoms with Crippen molar-refractivity contribution in [1.82, 2.24) is 0 Å². The smallest absolute Gasteiger partial charge is 0.493 e. The Morgan fingerprint density at radius 3 is 1.41 bits per heavy atom. The minimum atomic E-state index is 0. The standard InChI is InChI=1S/C37H54N2.2C2H5.Ni/c1-5-8-11-13-15-17-21-31-23-19-25-33(28-31)36-30(4)35(27-10-7-3)37(39(36)38)34-26-20-24-32(29-34)22-18-16-14-12-9-6-2;2*1-2;/h19-20,23-26,28-29H,5-18,21-22,27H2,1-4H3;2*1H2,2H3;/q;2*-1;+2. The van der Waals surface area contributed by atoms with Crippen LogP contribution in [0.3, 0.4) is 0 Å². The van der Waals surface area contributed by atoms with Crippen LogP contribution in [-0.4, -0.2) is 4.70 Å². The maximum absolute atomic E-state index is 11.7. The van der Waals surface area contributed by atoms with E-state index in [9.17, 15) is 5.53 Å². The third kappa shape index (κ3) is 14.0. The van der Waals surface area contributed by atoms with Crippen molar-refractivity contribution in [3.63, 3.8) is 0 Å². The molecule has 1 aliphatic rings. The molecule has 0 saturated carbocycles. The second-order valence-corrected chi connectivity index (χ2v) is 11.7. The molecule has 0 spiro atoms. The second kappa shape index (κ2) is 26.3. The van der Waals surface area contributed by atoms with Gasteiger partial charge < -0.3 is 19.4 Å². The van der Waals surface area contributed by atoms with Gasteiger partial charge in [0.1, 0.15) is 0 Å². The molecule has 0 amide bonds. The Kier molecular flexibility index (Phi) is 25.1. The van der Waals surface area contributed by atoms with Crippen molar-refractivity contribution in [2.45, 2.75) is 151 Å². The summed E-state index contributed by atoms with van der Waals surface area (Å²) >= 11 is 0. The molecule has 3 heteroatoms. The van der Waals surface area contributed by atoms with Gasteiger partial charge in [-0.25, -0.2) is 4.70 Å². The van der Waals surface area contributed by atoms with E-state index in [2.05, 4.69) is 90.1 Å². The fourth-order valence-electron chi connectivity index (χ4n) is 5.98. The predicted molar refractivity (Wildman–Crippen MR) is 192 cm³/mol. The third-order valence-electron chi connectivity index (χ3n) is 8.34. The summed E-state index contributed by atoms with van der Waals surface area (Å²) in [5.74, 6) is 0. The molecule has 1 heterocycles. The molecule has 0 aliphatic carbocycles. The van der Waals surface area contributed by atoms with E-state index >= 15 is 0 Å². The van der Waals surface area contributed by atoms with Crippen LogP contribution in [-0.2, 0) is 29.3 Å². The third-order valence-corrected chi connectivity index (χ3v) is 8.34. The number of nitrogens with zero attached hydrogens (tertiary/aromatic N) is 2. The predicted octanol–water partition coefficient (Wildman–Crippen LogP) is 13.6. The second-order valence-electron chi connectivity index (χ2n) is 11.7. The van der Waals surface area contributed by atoms with Crippen molar-refractivity contribution in [2.24, 2.45) is 0 Å². The summed E-state index contributed by atoms with van der Waals surface area (Å²) in [7, 11) is 0. The molecule has 248 valence electrons. The summed E-state index contributed by atoms with van der Waals surface area (Å²) in [6.45, 7) is 19.0. The fraction of sp³-hybridized carbons (Fsp3) is 0.561. The van der Waals surface area contributed by atoms with Gasteiger partial charge >= 0.3 is 16.5 Å². The van der Waals surface area contributed by atoms with E-state index in [4.69, 9.17) is 0 Å². The van der Waals surface area contributed by atoms with Gasteiger partial charge in [0.15, 0.2) is 0 Å². The van der Waals surface area contributed by atoms with Crippen LogP contribution >= 0.6 is 0 Å². The van der Waals surface area contributed by atoms with E-state index < -0.39 is 0 Å². The maximum atomic E-state index is 11.7. The summed E-state index contributed by atoms with van der Waals surface area (Å²) in [6, 6.07) is 17.8. The zero-order chi connectivity index (χ0) is 31.9. The van der Waals surface area contributed by atoms with Gasteiger partial charge in [0, 0.05) is 22.3 Å². The van der Waals surface area contributed by atoms with Gasteiger partial charge in [-0.2, -0.15) is 13.8 Å². The molecule has 0 bridgehead atoms. The number of hydrogen-bond acceptors (Lipinski definition) is 0. The van der Waals surface area contributed by atoms with E-state index in [1.807, 2.05) is 0 Å². The Bertz CT molecular complexity index is 1110. The zero-order valence-electron chi connectivity index (χ0n) is 29.3. The Hall–Kier alpha value is -1.99. The molecule has 0 fully saturated rings. The van der Waals surface area contributed by atoms with Crippen LogP contribution in [0.2, 0.25) is 0 Å². The minimum Gasteiger partial charge on any atom is -0.493 e. The van der Waals surface area contributed by atoms with Crippen LogP contribution in [0.1, 0.15) is 160 Å². The normalized spacial score (nSPS) is 12.4. The molecule has 0 atom stereocenters. The molecule has 0 N–H and O–H groups in total. The first-order valence-electron chi connectivity index (χ1n) is 17.6. The molecule has 44 heavy (non-hydrogen) atoms. The van der Waals surface area contributed by atoms with E-state index in [-0.39, 0.29) is 16.5 Å². The average Bonchev–Trinajstić information content (AvgIpc) is 3.30. The van der Waals surface area contributed by atoms with Crippen LogP contribution in [0.5, 0.6) is 0 Å². The molecular weight excluding hydrogens is 579 g/mol. The van der Waals surface area contributed by atoms with Crippen molar-refractivity contribution in [1.29, 1.82) is 0 Å². The summed E-state index contributed by atoms with van der Waals surface area (Å²) in [5, 5.41) is 0. The van der Waals surface area contributed by atoms with E-state index in [1.54, 1.807) is 13.8 Å². The van der Waals surface area contributed by atoms with Crippen LogP contribution in [0.25, 0.3) is 16.9 Å².